The summed E-state index contributed by atoms with van der Waals surface area (Å²) in [6.07, 6.45) is 1.66. The highest BCUT2D eigenvalue weighted by atomic mass is 16.7. The van der Waals surface area contributed by atoms with Gasteiger partial charge in [-0.3, -0.25) is 0 Å². The molecule has 0 bridgehead atoms. The van der Waals surface area contributed by atoms with Crippen LogP contribution in [0.2, 0.25) is 0 Å². The summed E-state index contributed by atoms with van der Waals surface area (Å²) in [4.78, 5) is 19.0. The summed E-state index contributed by atoms with van der Waals surface area (Å²) in [5.41, 5.74) is -0.421. The van der Waals surface area contributed by atoms with Crippen molar-refractivity contribution < 1.29 is 14.4 Å². The van der Waals surface area contributed by atoms with Crippen molar-refractivity contribution in [3.8, 4) is 0 Å². The number of hydroxylamine groups is 2. The summed E-state index contributed by atoms with van der Waals surface area (Å²) < 4.78 is 5.37. The first-order chi connectivity index (χ1) is 8.37. The first-order valence-electron chi connectivity index (χ1n) is 6.66. The van der Waals surface area contributed by atoms with Crippen LogP contribution in [-0.2, 0) is 9.57 Å². The Balaban J connectivity index is 2.41. The molecule has 0 spiro atoms. The zero-order valence-electron chi connectivity index (χ0n) is 12.2. The normalized spacial score (nSPS) is 18.2. The molecule has 0 unspecified atom stereocenters. The largest absolute Gasteiger partial charge is 0.444 e. The van der Waals surface area contributed by atoms with Gasteiger partial charge in [-0.05, 0) is 33.6 Å². The van der Waals surface area contributed by atoms with Crippen LogP contribution in [0, 0.1) is 0 Å². The first-order valence-corrected chi connectivity index (χ1v) is 6.66. The van der Waals surface area contributed by atoms with Crippen LogP contribution < -0.4 is 0 Å². The molecule has 0 N–H and O–H groups in total. The van der Waals surface area contributed by atoms with Crippen LogP contribution in [0.1, 0.15) is 40.5 Å². The molecule has 0 aromatic heterocycles. The van der Waals surface area contributed by atoms with Crippen molar-refractivity contribution in [3.05, 3.63) is 0 Å². The van der Waals surface area contributed by atoms with Crippen LogP contribution in [0.3, 0.4) is 0 Å². The van der Waals surface area contributed by atoms with Crippen LogP contribution in [0.4, 0.5) is 4.79 Å². The van der Waals surface area contributed by atoms with Crippen molar-refractivity contribution in [2.75, 3.05) is 26.7 Å². The van der Waals surface area contributed by atoms with Gasteiger partial charge in [0.2, 0.25) is 0 Å². The maximum absolute atomic E-state index is 11.9. The van der Waals surface area contributed by atoms with E-state index in [0.717, 1.165) is 32.5 Å². The standard InChI is InChI=1S/C13H26N2O3/c1-6-15(17-5)11-7-9-14(10-8-11)12(16)18-13(2,3)4/h11H,6-10H2,1-5H3. The van der Waals surface area contributed by atoms with Gasteiger partial charge in [-0.25, -0.2) is 4.79 Å². The number of ether oxygens (including phenoxy) is 1. The number of nitrogens with zero attached hydrogens (tertiary/aromatic N) is 2. The molecule has 1 rings (SSSR count). The second kappa shape index (κ2) is 6.38. The minimum absolute atomic E-state index is 0.207. The summed E-state index contributed by atoms with van der Waals surface area (Å²) in [6.45, 7) is 10.1. The van der Waals surface area contributed by atoms with Gasteiger partial charge in [-0.15, -0.1) is 0 Å². The number of rotatable bonds is 3. The Morgan fingerprint density at radius 3 is 2.28 bits per heavy atom. The van der Waals surface area contributed by atoms with Crippen LogP contribution in [0.15, 0.2) is 0 Å². The van der Waals surface area contributed by atoms with Crippen LogP contribution in [0.5, 0.6) is 0 Å². The van der Waals surface area contributed by atoms with Crippen LogP contribution in [-0.4, -0.2) is 54.4 Å². The van der Waals surface area contributed by atoms with Gasteiger partial charge < -0.3 is 14.5 Å². The Hall–Kier alpha value is -0.810. The number of hydrogen-bond acceptors (Lipinski definition) is 4. The highest BCUT2D eigenvalue weighted by Crippen LogP contribution is 2.18. The van der Waals surface area contributed by atoms with Gasteiger partial charge in [-0.2, -0.15) is 5.06 Å². The fraction of sp³-hybridized carbons (Fsp3) is 0.923. The fourth-order valence-corrected chi connectivity index (χ4v) is 2.20. The van der Waals surface area contributed by atoms with E-state index < -0.39 is 5.60 Å². The predicted octanol–water partition coefficient (Wildman–Crippen LogP) is 2.27. The molecule has 5 nitrogen and oxygen atoms in total. The lowest BCUT2D eigenvalue weighted by atomic mass is 10.1. The predicted molar refractivity (Wildman–Crippen MR) is 70.2 cm³/mol. The highest BCUT2D eigenvalue weighted by Gasteiger charge is 2.29. The molecule has 0 saturated carbocycles. The van der Waals surface area contributed by atoms with E-state index in [1.54, 1.807) is 12.0 Å². The smallest absolute Gasteiger partial charge is 0.410 e. The van der Waals surface area contributed by atoms with Crippen LogP contribution >= 0.6 is 0 Å². The zero-order valence-corrected chi connectivity index (χ0v) is 12.2. The van der Waals surface area contributed by atoms with E-state index in [1.165, 1.54) is 0 Å². The third kappa shape index (κ3) is 4.46. The maximum Gasteiger partial charge on any atom is 0.410 e. The summed E-state index contributed by atoms with van der Waals surface area (Å²) in [5, 5.41) is 1.98. The molecule has 18 heavy (non-hydrogen) atoms. The molecule has 1 saturated heterocycles. The number of likely N-dealkylation sites (tertiary alicyclic amines) is 1. The highest BCUT2D eigenvalue weighted by molar-refractivity contribution is 5.68. The quantitative estimate of drug-likeness (QED) is 0.728. The van der Waals surface area contributed by atoms with Gasteiger partial charge in [0.1, 0.15) is 5.60 Å². The molecular formula is C13H26N2O3. The minimum atomic E-state index is -0.421. The van der Waals surface area contributed by atoms with E-state index in [-0.39, 0.29) is 6.09 Å². The average molecular weight is 258 g/mol. The van der Waals surface area contributed by atoms with E-state index in [4.69, 9.17) is 9.57 Å². The Morgan fingerprint density at radius 1 is 1.33 bits per heavy atom. The molecule has 5 heteroatoms. The molecular weight excluding hydrogens is 232 g/mol. The summed E-state index contributed by atoms with van der Waals surface area (Å²) in [7, 11) is 1.70. The fourth-order valence-electron chi connectivity index (χ4n) is 2.20. The number of carbonyl (C=O) groups is 1. The van der Waals surface area contributed by atoms with Crippen molar-refractivity contribution in [1.82, 2.24) is 9.96 Å². The molecule has 0 atom stereocenters. The molecule has 1 amide bonds. The van der Waals surface area contributed by atoms with Gasteiger partial charge in [0.25, 0.3) is 0 Å². The summed E-state index contributed by atoms with van der Waals surface area (Å²) >= 11 is 0. The number of carbonyl (C=O) groups excluding carboxylic acids is 1. The molecule has 106 valence electrons. The van der Waals surface area contributed by atoms with Crippen LogP contribution in [0.25, 0.3) is 0 Å². The summed E-state index contributed by atoms with van der Waals surface area (Å²) in [5.74, 6) is 0. The molecule has 0 aliphatic carbocycles. The van der Waals surface area contributed by atoms with Gasteiger partial charge in [-0.1, -0.05) is 6.92 Å². The number of amides is 1. The lowest BCUT2D eigenvalue weighted by molar-refractivity contribution is -0.167. The molecule has 1 heterocycles. The van der Waals surface area contributed by atoms with Gasteiger partial charge in [0, 0.05) is 25.7 Å². The lowest BCUT2D eigenvalue weighted by Gasteiger charge is -2.37. The monoisotopic (exact) mass is 258 g/mol. The average Bonchev–Trinajstić information content (AvgIpc) is 2.29. The Bertz CT molecular complexity index is 264. The van der Waals surface area contributed by atoms with Crippen molar-refractivity contribution in [2.45, 2.75) is 52.2 Å². The van der Waals surface area contributed by atoms with Crippen molar-refractivity contribution in [3.63, 3.8) is 0 Å². The Kier molecular flexibility index (Phi) is 5.41. The molecule has 1 fully saturated rings. The third-order valence-electron chi connectivity index (χ3n) is 3.07. The van der Waals surface area contributed by atoms with E-state index in [9.17, 15) is 4.79 Å². The third-order valence-corrected chi connectivity index (χ3v) is 3.07. The lowest BCUT2D eigenvalue weighted by Crippen LogP contribution is -2.47. The van der Waals surface area contributed by atoms with E-state index >= 15 is 0 Å². The van der Waals surface area contributed by atoms with Gasteiger partial charge >= 0.3 is 6.09 Å². The van der Waals surface area contributed by atoms with Gasteiger partial charge in [0.05, 0.1) is 7.11 Å². The number of piperidine rings is 1. The second-order valence-corrected chi connectivity index (χ2v) is 5.61. The van der Waals surface area contributed by atoms with E-state index in [1.807, 2.05) is 25.8 Å². The molecule has 1 aliphatic rings. The van der Waals surface area contributed by atoms with E-state index in [2.05, 4.69) is 6.92 Å². The summed E-state index contributed by atoms with van der Waals surface area (Å²) in [6, 6.07) is 0.402. The minimum Gasteiger partial charge on any atom is -0.444 e. The Morgan fingerprint density at radius 2 is 1.89 bits per heavy atom. The molecule has 1 aliphatic heterocycles. The van der Waals surface area contributed by atoms with Gasteiger partial charge in [0.15, 0.2) is 0 Å². The molecule has 0 aromatic carbocycles. The molecule has 0 aromatic rings. The van der Waals surface area contributed by atoms with Crippen molar-refractivity contribution >= 4 is 6.09 Å². The molecule has 0 radical (unpaired) electrons. The maximum atomic E-state index is 11.9. The second-order valence-electron chi connectivity index (χ2n) is 5.61. The zero-order chi connectivity index (χ0) is 13.8. The Labute approximate surface area is 110 Å². The topological polar surface area (TPSA) is 42.0 Å². The van der Waals surface area contributed by atoms with Crippen molar-refractivity contribution in [1.29, 1.82) is 0 Å². The SMILES string of the molecule is CCN(OC)C1CCN(C(=O)OC(C)(C)C)CC1. The van der Waals surface area contributed by atoms with E-state index in [0.29, 0.717) is 6.04 Å². The first kappa shape index (κ1) is 15.2. The number of hydrogen-bond donors (Lipinski definition) is 0. The van der Waals surface area contributed by atoms with Crippen molar-refractivity contribution in [2.24, 2.45) is 0 Å².